The molecule has 3 N–H and O–H groups in total. The molecule has 0 aliphatic carbocycles. The van der Waals surface area contributed by atoms with E-state index >= 15 is 0 Å². The zero-order valence-electron chi connectivity index (χ0n) is 12.0. The van der Waals surface area contributed by atoms with Crippen molar-refractivity contribution in [3.8, 4) is 6.07 Å². The smallest absolute Gasteiger partial charge is 0.238 e. The summed E-state index contributed by atoms with van der Waals surface area (Å²) in [5.74, 6) is -0.241. The highest BCUT2D eigenvalue weighted by molar-refractivity contribution is 6.40. The number of hydrogen-bond donors (Lipinski definition) is 2. The van der Waals surface area contributed by atoms with Gasteiger partial charge in [0.2, 0.25) is 5.91 Å². The van der Waals surface area contributed by atoms with Crippen LogP contribution in [-0.4, -0.2) is 29.9 Å². The van der Waals surface area contributed by atoms with Crippen molar-refractivity contribution in [1.82, 2.24) is 4.90 Å². The van der Waals surface area contributed by atoms with Crippen LogP contribution >= 0.6 is 23.2 Å². The normalized spacial score (nSPS) is 10.7. The van der Waals surface area contributed by atoms with Gasteiger partial charge in [-0.25, -0.2) is 0 Å². The molecule has 114 valence electrons. The van der Waals surface area contributed by atoms with Crippen LogP contribution in [0.2, 0.25) is 10.0 Å². The van der Waals surface area contributed by atoms with Gasteiger partial charge in [0, 0.05) is 24.7 Å². The van der Waals surface area contributed by atoms with Crippen molar-refractivity contribution < 1.29 is 4.79 Å². The molecule has 0 atom stereocenters. The van der Waals surface area contributed by atoms with Gasteiger partial charge in [-0.1, -0.05) is 23.2 Å². The minimum atomic E-state index is -0.241. The standard InChI is InChI=1S/C14H18Cl2N4O/c1-9(2)20(5-3-4-17)8-13(21)19-14-11(15)6-10(18)7-12(14)16/h6-7,9H,3,5,8,18H2,1-2H3,(H,19,21). The lowest BCUT2D eigenvalue weighted by atomic mass is 10.2. The second kappa shape index (κ2) is 8.08. The van der Waals surface area contributed by atoms with Crippen LogP contribution in [0.4, 0.5) is 11.4 Å². The van der Waals surface area contributed by atoms with Crippen LogP contribution < -0.4 is 11.1 Å². The molecule has 1 aromatic carbocycles. The van der Waals surface area contributed by atoms with Crippen LogP contribution in [0.25, 0.3) is 0 Å². The van der Waals surface area contributed by atoms with Gasteiger partial charge < -0.3 is 11.1 Å². The van der Waals surface area contributed by atoms with Crippen molar-refractivity contribution in [2.24, 2.45) is 0 Å². The minimum absolute atomic E-state index is 0.154. The molecule has 1 amide bonds. The summed E-state index contributed by atoms with van der Waals surface area (Å²) >= 11 is 12.1. The predicted molar refractivity (Wildman–Crippen MR) is 86.4 cm³/mol. The maximum absolute atomic E-state index is 12.1. The van der Waals surface area contributed by atoms with E-state index in [0.717, 1.165) is 0 Å². The quantitative estimate of drug-likeness (QED) is 0.786. The van der Waals surface area contributed by atoms with Crippen LogP contribution in [0.1, 0.15) is 20.3 Å². The fourth-order valence-corrected chi connectivity index (χ4v) is 2.39. The summed E-state index contributed by atoms with van der Waals surface area (Å²) in [5, 5.41) is 11.9. The Bertz CT molecular complexity index is 531. The van der Waals surface area contributed by atoms with Crippen molar-refractivity contribution in [2.75, 3.05) is 24.1 Å². The number of carbonyl (C=O) groups excluding carboxylic acids is 1. The molecule has 1 rings (SSSR count). The number of nitriles is 1. The van der Waals surface area contributed by atoms with Crippen molar-refractivity contribution in [3.05, 3.63) is 22.2 Å². The summed E-state index contributed by atoms with van der Waals surface area (Å²) in [6.07, 6.45) is 0.370. The fourth-order valence-electron chi connectivity index (χ4n) is 1.79. The lowest BCUT2D eigenvalue weighted by molar-refractivity contribution is -0.117. The molecule has 0 radical (unpaired) electrons. The lowest BCUT2D eigenvalue weighted by Crippen LogP contribution is -2.38. The summed E-state index contributed by atoms with van der Waals surface area (Å²) in [4.78, 5) is 14.0. The Hall–Kier alpha value is -1.48. The summed E-state index contributed by atoms with van der Waals surface area (Å²) in [7, 11) is 0. The van der Waals surface area contributed by atoms with Gasteiger partial charge in [0.1, 0.15) is 0 Å². The Morgan fingerprint density at radius 3 is 2.48 bits per heavy atom. The van der Waals surface area contributed by atoms with Crippen LogP contribution in [0.5, 0.6) is 0 Å². The molecule has 21 heavy (non-hydrogen) atoms. The number of halogens is 2. The molecule has 0 saturated carbocycles. The van der Waals surface area contributed by atoms with Gasteiger partial charge in [-0.05, 0) is 26.0 Å². The number of benzene rings is 1. The van der Waals surface area contributed by atoms with Gasteiger partial charge in [0.15, 0.2) is 0 Å². The maximum atomic E-state index is 12.1. The number of rotatable bonds is 6. The summed E-state index contributed by atoms with van der Waals surface area (Å²) in [5.41, 5.74) is 6.39. The monoisotopic (exact) mass is 328 g/mol. The van der Waals surface area contributed by atoms with Gasteiger partial charge in [-0.3, -0.25) is 9.69 Å². The third kappa shape index (κ3) is 5.43. The highest BCUT2D eigenvalue weighted by Crippen LogP contribution is 2.32. The Morgan fingerprint density at radius 2 is 2.00 bits per heavy atom. The molecule has 1 aromatic rings. The largest absolute Gasteiger partial charge is 0.399 e. The molecule has 0 saturated heterocycles. The Balaban J connectivity index is 2.75. The Labute approximate surface area is 134 Å². The molecule has 0 heterocycles. The van der Waals surface area contributed by atoms with Crippen molar-refractivity contribution in [1.29, 1.82) is 5.26 Å². The first-order valence-corrected chi connectivity index (χ1v) is 7.26. The molecule has 0 unspecified atom stereocenters. The molecule has 0 aromatic heterocycles. The summed E-state index contributed by atoms with van der Waals surface area (Å²) in [6, 6.07) is 5.28. The molecule has 0 fully saturated rings. The predicted octanol–water partition coefficient (Wildman–Crippen LogP) is 3.14. The summed E-state index contributed by atoms with van der Waals surface area (Å²) < 4.78 is 0. The van der Waals surface area contributed by atoms with Crippen LogP contribution in [-0.2, 0) is 4.79 Å². The minimum Gasteiger partial charge on any atom is -0.399 e. The molecule has 0 spiro atoms. The second-order valence-electron chi connectivity index (χ2n) is 4.88. The number of nitrogens with zero attached hydrogens (tertiary/aromatic N) is 2. The van der Waals surface area contributed by atoms with Crippen LogP contribution in [0.3, 0.4) is 0 Å². The van der Waals surface area contributed by atoms with Crippen LogP contribution in [0.15, 0.2) is 12.1 Å². The third-order valence-electron chi connectivity index (χ3n) is 2.92. The number of amides is 1. The van der Waals surface area contributed by atoms with E-state index in [0.29, 0.717) is 34.4 Å². The van der Waals surface area contributed by atoms with E-state index in [1.165, 1.54) is 12.1 Å². The zero-order chi connectivity index (χ0) is 16.0. The third-order valence-corrected chi connectivity index (χ3v) is 3.51. The van der Waals surface area contributed by atoms with Gasteiger partial charge in [-0.15, -0.1) is 0 Å². The Morgan fingerprint density at radius 1 is 1.43 bits per heavy atom. The number of nitrogens with two attached hydrogens (primary N) is 1. The average Bonchev–Trinajstić information content (AvgIpc) is 2.38. The zero-order valence-corrected chi connectivity index (χ0v) is 13.5. The molecule has 0 aliphatic rings. The van der Waals surface area contributed by atoms with Gasteiger partial charge in [0.25, 0.3) is 0 Å². The average molecular weight is 329 g/mol. The van der Waals surface area contributed by atoms with E-state index in [4.69, 9.17) is 34.2 Å². The highest BCUT2D eigenvalue weighted by Gasteiger charge is 2.16. The number of hydrogen-bond acceptors (Lipinski definition) is 4. The van der Waals surface area contributed by atoms with Crippen molar-refractivity contribution in [3.63, 3.8) is 0 Å². The van der Waals surface area contributed by atoms with E-state index in [-0.39, 0.29) is 18.5 Å². The molecule has 0 aliphatic heterocycles. The van der Waals surface area contributed by atoms with E-state index in [9.17, 15) is 4.79 Å². The molecular weight excluding hydrogens is 311 g/mol. The first-order valence-electron chi connectivity index (χ1n) is 6.50. The van der Waals surface area contributed by atoms with Crippen molar-refractivity contribution in [2.45, 2.75) is 26.3 Å². The van der Waals surface area contributed by atoms with Gasteiger partial charge >= 0.3 is 0 Å². The fraction of sp³-hybridized carbons (Fsp3) is 0.429. The molecular formula is C14H18Cl2N4O. The van der Waals surface area contributed by atoms with E-state index < -0.39 is 0 Å². The number of carbonyl (C=O) groups is 1. The first kappa shape index (κ1) is 17.6. The van der Waals surface area contributed by atoms with Crippen molar-refractivity contribution >= 4 is 40.5 Å². The summed E-state index contributed by atoms with van der Waals surface area (Å²) in [6.45, 7) is 4.63. The lowest BCUT2D eigenvalue weighted by Gasteiger charge is -2.24. The van der Waals surface area contributed by atoms with Gasteiger partial charge in [-0.2, -0.15) is 5.26 Å². The molecule has 0 bridgehead atoms. The first-order chi connectivity index (χ1) is 9.85. The Kier molecular flexibility index (Phi) is 6.76. The van der Waals surface area contributed by atoms with Crippen LogP contribution in [0, 0.1) is 11.3 Å². The van der Waals surface area contributed by atoms with E-state index in [2.05, 4.69) is 11.4 Å². The number of nitrogens with one attached hydrogen (secondary N) is 1. The number of anilines is 2. The molecule has 5 nitrogen and oxygen atoms in total. The highest BCUT2D eigenvalue weighted by atomic mass is 35.5. The maximum Gasteiger partial charge on any atom is 0.238 e. The number of nitrogen functional groups attached to an aromatic ring is 1. The molecule has 7 heteroatoms. The van der Waals surface area contributed by atoms with Gasteiger partial charge in [0.05, 0.1) is 28.3 Å². The van der Waals surface area contributed by atoms with E-state index in [1.54, 1.807) is 0 Å². The SMILES string of the molecule is CC(C)N(CCC#N)CC(=O)Nc1c(Cl)cc(N)cc1Cl. The van der Waals surface area contributed by atoms with E-state index in [1.807, 2.05) is 18.7 Å². The topological polar surface area (TPSA) is 82.2 Å². The second-order valence-corrected chi connectivity index (χ2v) is 5.69.